The van der Waals surface area contributed by atoms with Gasteiger partial charge in [-0.05, 0) is 45.1 Å². The average Bonchev–Trinajstić information content (AvgIpc) is 3.19. The normalized spacial score (nSPS) is 22.7. The molecule has 19 heavy (non-hydrogen) atoms. The molecular formula is C14H28ClN3O. The number of piperidine rings is 1. The Hall–Kier alpha value is -0.320. The van der Waals surface area contributed by atoms with Gasteiger partial charge in [-0.15, -0.1) is 12.4 Å². The molecule has 1 aliphatic carbocycles. The summed E-state index contributed by atoms with van der Waals surface area (Å²) in [5, 5.41) is 3.67. The smallest absolute Gasteiger partial charge is 0.239 e. The Balaban J connectivity index is 0.00000180. The number of nitrogens with one attached hydrogen (secondary N) is 1. The van der Waals surface area contributed by atoms with E-state index in [1.807, 2.05) is 21.0 Å². The minimum Gasteiger partial charge on any atom is -0.347 e. The van der Waals surface area contributed by atoms with Crippen LogP contribution in [-0.2, 0) is 4.79 Å². The summed E-state index contributed by atoms with van der Waals surface area (Å²) in [6, 6.07) is 0.702. The molecule has 1 saturated heterocycles. The first kappa shape index (κ1) is 16.7. The van der Waals surface area contributed by atoms with E-state index < -0.39 is 0 Å². The predicted octanol–water partition coefficient (Wildman–Crippen LogP) is 1.35. The third kappa shape index (κ3) is 4.93. The van der Waals surface area contributed by atoms with Crippen molar-refractivity contribution in [1.82, 2.24) is 15.1 Å². The number of amides is 1. The molecule has 1 amide bonds. The molecular weight excluding hydrogens is 262 g/mol. The topological polar surface area (TPSA) is 35.6 Å². The van der Waals surface area contributed by atoms with Gasteiger partial charge in [0.15, 0.2) is 0 Å². The first-order valence-corrected chi connectivity index (χ1v) is 7.26. The zero-order valence-electron chi connectivity index (χ0n) is 12.4. The van der Waals surface area contributed by atoms with Crippen molar-refractivity contribution in [2.24, 2.45) is 5.92 Å². The summed E-state index contributed by atoms with van der Waals surface area (Å²) in [6.07, 6.45) is 5.19. The molecule has 4 nitrogen and oxygen atoms in total. The van der Waals surface area contributed by atoms with E-state index in [1.165, 1.54) is 32.2 Å². The molecule has 0 aromatic carbocycles. The number of rotatable bonds is 5. The summed E-state index contributed by atoms with van der Waals surface area (Å²) >= 11 is 0. The van der Waals surface area contributed by atoms with Crippen molar-refractivity contribution >= 4 is 18.3 Å². The van der Waals surface area contributed by atoms with Crippen molar-refractivity contribution in [2.75, 3.05) is 33.7 Å². The number of likely N-dealkylation sites (tertiary alicyclic amines) is 1. The van der Waals surface area contributed by atoms with Gasteiger partial charge in [-0.1, -0.05) is 0 Å². The second kappa shape index (κ2) is 7.46. The van der Waals surface area contributed by atoms with Gasteiger partial charge in [-0.2, -0.15) is 0 Å². The van der Waals surface area contributed by atoms with E-state index >= 15 is 0 Å². The van der Waals surface area contributed by atoms with Crippen molar-refractivity contribution in [3.8, 4) is 0 Å². The first-order valence-electron chi connectivity index (χ1n) is 7.26. The number of halogens is 1. The van der Waals surface area contributed by atoms with E-state index in [9.17, 15) is 4.79 Å². The molecule has 0 radical (unpaired) electrons. The Morgan fingerprint density at radius 1 is 1.26 bits per heavy atom. The van der Waals surface area contributed by atoms with Gasteiger partial charge in [-0.25, -0.2) is 0 Å². The summed E-state index contributed by atoms with van der Waals surface area (Å²) in [6.45, 7) is 5.32. The molecule has 2 fully saturated rings. The highest BCUT2D eigenvalue weighted by Gasteiger charge is 2.28. The number of carbonyl (C=O) groups excluding carboxylic acids is 1. The van der Waals surface area contributed by atoms with Gasteiger partial charge in [0.25, 0.3) is 0 Å². The Morgan fingerprint density at radius 2 is 1.84 bits per heavy atom. The average molecular weight is 290 g/mol. The summed E-state index contributed by atoms with van der Waals surface area (Å²) in [4.78, 5) is 15.9. The summed E-state index contributed by atoms with van der Waals surface area (Å²) < 4.78 is 0. The van der Waals surface area contributed by atoms with E-state index in [0.29, 0.717) is 6.04 Å². The number of hydrogen-bond acceptors (Lipinski definition) is 3. The second-order valence-corrected chi connectivity index (χ2v) is 6.07. The molecule has 1 unspecified atom stereocenters. The molecule has 1 N–H and O–H groups in total. The van der Waals surface area contributed by atoms with Gasteiger partial charge in [0.1, 0.15) is 0 Å². The van der Waals surface area contributed by atoms with Crippen LogP contribution in [0.2, 0.25) is 0 Å². The van der Waals surface area contributed by atoms with Gasteiger partial charge < -0.3 is 10.2 Å². The van der Waals surface area contributed by atoms with Crippen LogP contribution in [-0.4, -0.2) is 61.5 Å². The number of hydrogen-bond donors (Lipinski definition) is 1. The van der Waals surface area contributed by atoms with Crippen LogP contribution in [0.15, 0.2) is 0 Å². The van der Waals surface area contributed by atoms with Crippen LogP contribution in [0.1, 0.15) is 32.6 Å². The molecule has 1 aliphatic heterocycles. The maximum Gasteiger partial charge on any atom is 0.239 e. The molecule has 5 heteroatoms. The monoisotopic (exact) mass is 289 g/mol. The van der Waals surface area contributed by atoms with Gasteiger partial charge in [0, 0.05) is 33.2 Å². The van der Waals surface area contributed by atoms with Crippen LogP contribution >= 0.6 is 12.4 Å². The lowest BCUT2D eigenvalue weighted by Gasteiger charge is -2.36. The Kier molecular flexibility index (Phi) is 6.57. The van der Waals surface area contributed by atoms with Gasteiger partial charge in [0.05, 0.1) is 6.04 Å². The lowest BCUT2D eigenvalue weighted by Crippen LogP contribution is -2.50. The first-order chi connectivity index (χ1) is 8.58. The van der Waals surface area contributed by atoms with E-state index in [0.717, 1.165) is 19.0 Å². The van der Waals surface area contributed by atoms with Crippen LogP contribution in [0.25, 0.3) is 0 Å². The van der Waals surface area contributed by atoms with E-state index in [1.54, 1.807) is 4.90 Å². The lowest BCUT2D eigenvalue weighted by atomic mass is 10.0. The SMILES string of the molecule is CC(C(=O)N(C)C)N1CCC(NCC2CC2)CC1.Cl. The molecule has 2 aliphatic rings. The van der Waals surface area contributed by atoms with Crippen LogP contribution < -0.4 is 5.32 Å². The molecule has 0 spiro atoms. The zero-order valence-corrected chi connectivity index (χ0v) is 13.2. The fourth-order valence-electron chi connectivity index (χ4n) is 2.68. The van der Waals surface area contributed by atoms with Crippen molar-refractivity contribution < 1.29 is 4.79 Å². The van der Waals surface area contributed by atoms with Gasteiger partial charge in [-0.3, -0.25) is 9.69 Å². The molecule has 0 aromatic rings. The minimum atomic E-state index is 0. The molecule has 112 valence electrons. The molecule has 0 aromatic heterocycles. The minimum absolute atomic E-state index is 0. The predicted molar refractivity (Wildman–Crippen MR) is 80.7 cm³/mol. The highest BCUT2D eigenvalue weighted by Crippen LogP contribution is 2.28. The van der Waals surface area contributed by atoms with Crippen molar-refractivity contribution in [3.63, 3.8) is 0 Å². The molecule has 2 rings (SSSR count). The summed E-state index contributed by atoms with van der Waals surface area (Å²) in [5.74, 6) is 1.18. The van der Waals surface area contributed by atoms with Gasteiger partial charge in [0.2, 0.25) is 5.91 Å². The molecule has 1 saturated carbocycles. The van der Waals surface area contributed by atoms with Crippen LogP contribution in [0.3, 0.4) is 0 Å². The van der Waals surface area contributed by atoms with Crippen LogP contribution in [0, 0.1) is 5.92 Å². The van der Waals surface area contributed by atoms with E-state index in [-0.39, 0.29) is 24.4 Å². The quantitative estimate of drug-likeness (QED) is 0.830. The van der Waals surface area contributed by atoms with Crippen LogP contribution in [0.5, 0.6) is 0 Å². The lowest BCUT2D eigenvalue weighted by molar-refractivity contribution is -0.134. The maximum absolute atomic E-state index is 11.9. The second-order valence-electron chi connectivity index (χ2n) is 6.07. The van der Waals surface area contributed by atoms with E-state index in [2.05, 4.69) is 10.2 Å². The van der Waals surface area contributed by atoms with Crippen LogP contribution in [0.4, 0.5) is 0 Å². The van der Waals surface area contributed by atoms with Gasteiger partial charge >= 0.3 is 0 Å². The fraction of sp³-hybridized carbons (Fsp3) is 0.929. The summed E-state index contributed by atoms with van der Waals surface area (Å²) in [7, 11) is 3.67. The Bertz CT molecular complexity index is 286. The zero-order chi connectivity index (χ0) is 13.1. The third-order valence-electron chi connectivity index (χ3n) is 4.27. The van der Waals surface area contributed by atoms with E-state index in [4.69, 9.17) is 0 Å². The largest absolute Gasteiger partial charge is 0.347 e. The summed E-state index contributed by atoms with van der Waals surface area (Å²) in [5.41, 5.74) is 0. The number of carbonyl (C=O) groups is 1. The molecule has 1 atom stereocenters. The number of nitrogens with zero attached hydrogens (tertiary/aromatic N) is 2. The fourth-order valence-corrected chi connectivity index (χ4v) is 2.68. The van der Waals surface area contributed by atoms with Crippen molar-refractivity contribution in [2.45, 2.75) is 44.7 Å². The Labute approximate surface area is 123 Å². The molecule has 0 bridgehead atoms. The highest BCUT2D eigenvalue weighted by atomic mass is 35.5. The maximum atomic E-state index is 11.9. The molecule has 1 heterocycles. The Morgan fingerprint density at radius 3 is 2.32 bits per heavy atom. The standard InChI is InChI=1S/C14H27N3O.ClH/c1-11(14(18)16(2)3)17-8-6-13(7-9-17)15-10-12-4-5-12;/h11-13,15H,4-10H2,1-3H3;1H. The van der Waals surface area contributed by atoms with Crippen molar-refractivity contribution in [1.29, 1.82) is 0 Å². The van der Waals surface area contributed by atoms with Crippen molar-refractivity contribution in [3.05, 3.63) is 0 Å². The third-order valence-corrected chi connectivity index (χ3v) is 4.27. The number of likely N-dealkylation sites (N-methyl/N-ethyl adjacent to an activating group) is 1. The highest BCUT2D eigenvalue weighted by molar-refractivity contribution is 5.85.